The van der Waals surface area contributed by atoms with Gasteiger partial charge in [-0.3, -0.25) is 9.97 Å². The smallest absolute Gasteiger partial charge is 0.0659 e. The van der Waals surface area contributed by atoms with Gasteiger partial charge in [0.05, 0.1) is 11.4 Å². The molecule has 2 atom stereocenters. The molecule has 0 aromatic carbocycles. The third-order valence-electron chi connectivity index (χ3n) is 2.86. The molecule has 0 saturated heterocycles. The summed E-state index contributed by atoms with van der Waals surface area (Å²) >= 11 is 0. The topological polar surface area (TPSA) is 37.8 Å². The van der Waals surface area contributed by atoms with Crippen LogP contribution in [0.4, 0.5) is 0 Å². The van der Waals surface area contributed by atoms with Crippen LogP contribution in [-0.4, -0.2) is 22.6 Å². The second kappa shape index (κ2) is 5.81. The first-order chi connectivity index (χ1) is 7.20. The van der Waals surface area contributed by atoms with Crippen molar-refractivity contribution in [1.82, 2.24) is 15.3 Å². The van der Waals surface area contributed by atoms with Gasteiger partial charge in [0.2, 0.25) is 0 Å². The summed E-state index contributed by atoms with van der Waals surface area (Å²) in [7, 11) is 0. The average Bonchev–Trinajstić information content (AvgIpc) is 2.25. The Kier molecular flexibility index (Phi) is 4.69. The van der Waals surface area contributed by atoms with E-state index >= 15 is 0 Å². The van der Waals surface area contributed by atoms with Gasteiger partial charge < -0.3 is 5.32 Å². The zero-order valence-electron chi connectivity index (χ0n) is 10.1. The highest BCUT2D eigenvalue weighted by Crippen LogP contribution is 2.20. The van der Waals surface area contributed by atoms with Crippen LogP contribution in [0, 0.1) is 6.92 Å². The minimum atomic E-state index is 0.420. The van der Waals surface area contributed by atoms with Crippen LogP contribution in [0.2, 0.25) is 0 Å². The zero-order chi connectivity index (χ0) is 11.3. The molecule has 1 aromatic heterocycles. The second-order valence-electron chi connectivity index (χ2n) is 3.89. The van der Waals surface area contributed by atoms with Gasteiger partial charge in [0.1, 0.15) is 0 Å². The maximum atomic E-state index is 4.43. The lowest BCUT2D eigenvalue weighted by Gasteiger charge is -2.23. The van der Waals surface area contributed by atoms with Crippen LogP contribution in [0.15, 0.2) is 12.4 Å². The van der Waals surface area contributed by atoms with E-state index in [4.69, 9.17) is 0 Å². The molecule has 0 aliphatic carbocycles. The van der Waals surface area contributed by atoms with Gasteiger partial charge in [0.15, 0.2) is 0 Å². The summed E-state index contributed by atoms with van der Waals surface area (Å²) < 4.78 is 0. The number of hydrogen-bond donors (Lipinski definition) is 1. The largest absolute Gasteiger partial charge is 0.314 e. The molecule has 0 amide bonds. The highest BCUT2D eigenvalue weighted by Gasteiger charge is 2.19. The molecule has 1 heterocycles. The highest BCUT2D eigenvalue weighted by atomic mass is 14.9. The van der Waals surface area contributed by atoms with E-state index < -0.39 is 0 Å². The molecule has 3 nitrogen and oxygen atoms in total. The van der Waals surface area contributed by atoms with Gasteiger partial charge in [-0.2, -0.15) is 0 Å². The van der Waals surface area contributed by atoms with Crippen LogP contribution >= 0.6 is 0 Å². The molecule has 3 heteroatoms. The van der Waals surface area contributed by atoms with Crippen molar-refractivity contribution in [2.75, 3.05) is 6.54 Å². The molecule has 84 valence electrons. The molecule has 0 radical (unpaired) electrons. The predicted octanol–water partition coefficient (Wildman–Crippen LogP) is 2.28. The number of nitrogens with one attached hydrogen (secondary N) is 1. The maximum absolute atomic E-state index is 4.43. The summed E-state index contributed by atoms with van der Waals surface area (Å²) in [6, 6.07) is 0.491. The molecule has 2 unspecified atom stereocenters. The Bertz CT molecular complexity index is 299. The van der Waals surface area contributed by atoms with Crippen LogP contribution in [-0.2, 0) is 0 Å². The van der Waals surface area contributed by atoms with E-state index in [1.807, 2.05) is 6.92 Å². The van der Waals surface area contributed by atoms with Crippen LogP contribution in [0.1, 0.15) is 44.5 Å². The molecular weight excluding hydrogens is 186 g/mol. The molecule has 0 aliphatic rings. The molecule has 0 spiro atoms. The van der Waals surface area contributed by atoms with E-state index in [1.165, 1.54) is 0 Å². The van der Waals surface area contributed by atoms with Crippen molar-refractivity contribution in [2.24, 2.45) is 0 Å². The van der Waals surface area contributed by atoms with Gasteiger partial charge in [-0.1, -0.05) is 20.8 Å². The summed E-state index contributed by atoms with van der Waals surface area (Å²) in [4.78, 5) is 8.71. The van der Waals surface area contributed by atoms with Gasteiger partial charge in [-0.15, -0.1) is 0 Å². The van der Waals surface area contributed by atoms with Crippen molar-refractivity contribution < 1.29 is 0 Å². The normalized spacial score (nSPS) is 14.9. The number of aromatic nitrogens is 2. The number of rotatable bonds is 5. The fraction of sp³-hybridized carbons (Fsp3) is 0.667. The van der Waals surface area contributed by atoms with E-state index in [2.05, 4.69) is 36.1 Å². The van der Waals surface area contributed by atoms with Gasteiger partial charge in [0, 0.05) is 24.4 Å². The van der Waals surface area contributed by atoms with Crippen molar-refractivity contribution >= 4 is 0 Å². The lowest BCUT2D eigenvalue weighted by Crippen LogP contribution is -2.33. The fourth-order valence-corrected chi connectivity index (χ4v) is 1.99. The van der Waals surface area contributed by atoms with E-state index in [0.29, 0.717) is 12.0 Å². The monoisotopic (exact) mass is 207 g/mol. The summed E-state index contributed by atoms with van der Waals surface area (Å²) in [5.41, 5.74) is 2.16. The Labute approximate surface area is 92.3 Å². The van der Waals surface area contributed by atoms with Gasteiger partial charge in [-0.25, -0.2) is 0 Å². The quantitative estimate of drug-likeness (QED) is 0.805. The van der Waals surface area contributed by atoms with Crippen molar-refractivity contribution in [3.05, 3.63) is 23.8 Å². The Hall–Kier alpha value is -0.960. The molecule has 1 aromatic rings. The van der Waals surface area contributed by atoms with Crippen molar-refractivity contribution in [2.45, 2.75) is 46.1 Å². The van der Waals surface area contributed by atoms with Crippen molar-refractivity contribution in [3.8, 4) is 0 Å². The first kappa shape index (κ1) is 12.1. The van der Waals surface area contributed by atoms with Gasteiger partial charge in [-0.05, 0) is 19.9 Å². The molecule has 1 N–H and O–H groups in total. The predicted molar refractivity (Wildman–Crippen MR) is 62.9 cm³/mol. The number of hydrogen-bond acceptors (Lipinski definition) is 3. The zero-order valence-corrected chi connectivity index (χ0v) is 10.1. The molecule has 1 rings (SSSR count). The summed E-state index contributed by atoms with van der Waals surface area (Å²) in [6.07, 6.45) is 4.64. The van der Waals surface area contributed by atoms with Crippen LogP contribution in [0.3, 0.4) is 0 Å². The fourth-order valence-electron chi connectivity index (χ4n) is 1.99. The van der Waals surface area contributed by atoms with Gasteiger partial charge in [0.25, 0.3) is 0 Å². The van der Waals surface area contributed by atoms with Crippen LogP contribution < -0.4 is 5.32 Å². The van der Waals surface area contributed by atoms with Crippen molar-refractivity contribution in [1.29, 1.82) is 0 Å². The number of aryl methyl sites for hydroxylation is 1. The van der Waals surface area contributed by atoms with Crippen LogP contribution in [0.5, 0.6) is 0 Å². The third-order valence-corrected chi connectivity index (χ3v) is 2.86. The van der Waals surface area contributed by atoms with E-state index in [-0.39, 0.29) is 0 Å². The molecular formula is C12H21N3. The first-order valence-corrected chi connectivity index (χ1v) is 5.71. The average molecular weight is 207 g/mol. The summed E-state index contributed by atoms with van der Waals surface area (Å²) in [5.74, 6) is 0.420. The van der Waals surface area contributed by atoms with Crippen molar-refractivity contribution in [3.63, 3.8) is 0 Å². The maximum Gasteiger partial charge on any atom is 0.0659 e. The minimum Gasteiger partial charge on any atom is -0.314 e. The number of nitrogens with zero attached hydrogens (tertiary/aromatic N) is 2. The summed E-state index contributed by atoms with van der Waals surface area (Å²) in [5, 5.41) is 3.49. The first-order valence-electron chi connectivity index (χ1n) is 5.71. The van der Waals surface area contributed by atoms with E-state index in [9.17, 15) is 0 Å². The third kappa shape index (κ3) is 2.99. The summed E-state index contributed by atoms with van der Waals surface area (Å²) in [6.45, 7) is 9.59. The lowest BCUT2D eigenvalue weighted by molar-refractivity contribution is 0.440. The second-order valence-corrected chi connectivity index (χ2v) is 3.89. The molecule has 0 bridgehead atoms. The molecule has 0 aliphatic heterocycles. The van der Waals surface area contributed by atoms with E-state index in [1.54, 1.807) is 12.4 Å². The van der Waals surface area contributed by atoms with Crippen LogP contribution in [0.25, 0.3) is 0 Å². The molecule has 15 heavy (non-hydrogen) atoms. The Balaban J connectivity index is 2.82. The minimum absolute atomic E-state index is 0.420. The van der Waals surface area contributed by atoms with E-state index in [0.717, 1.165) is 24.4 Å². The number of likely N-dealkylation sites (N-methyl/N-ethyl adjacent to an activating group) is 1. The standard InChI is InChI=1S/C12H21N3/c1-5-11(13-6-2)9(3)12-10(4)14-7-8-15-12/h7-9,11,13H,5-6H2,1-4H3. The Morgan fingerprint density at radius 1 is 1.27 bits per heavy atom. The SMILES string of the molecule is CCNC(CC)C(C)c1nccnc1C. The molecule has 0 fully saturated rings. The highest BCUT2D eigenvalue weighted by molar-refractivity contribution is 5.15. The lowest BCUT2D eigenvalue weighted by atomic mass is 9.94. The molecule has 0 saturated carbocycles. The Morgan fingerprint density at radius 3 is 2.47 bits per heavy atom. The Morgan fingerprint density at radius 2 is 1.93 bits per heavy atom. The van der Waals surface area contributed by atoms with Gasteiger partial charge >= 0.3 is 0 Å².